The SMILES string of the molecule is CC(COc1c(F)cc(-c2cccc(OCC3CC3)n2)cc1F)CC(=O)O. The molecule has 1 heterocycles. The molecule has 0 aliphatic heterocycles. The summed E-state index contributed by atoms with van der Waals surface area (Å²) in [7, 11) is 0. The standard InChI is InChI=1S/C20H21F2NO4/c1-12(7-19(24)25)10-27-20-15(21)8-14(9-16(20)22)17-3-2-4-18(23-17)26-11-13-5-6-13/h2-4,8-9,12-13H,5-7,10-11H2,1H3,(H,24,25). The fourth-order valence-electron chi connectivity index (χ4n) is 2.57. The van der Waals surface area contributed by atoms with Crippen LogP contribution in [-0.4, -0.2) is 29.3 Å². The first-order valence-corrected chi connectivity index (χ1v) is 8.86. The number of aromatic nitrogens is 1. The highest BCUT2D eigenvalue weighted by Crippen LogP contribution is 2.31. The molecular formula is C20H21F2NO4. The molecule has 1 aromatic carbocycles. The Morgan fingerprint density at radius 2 is 1.96 bits per heavy atom. The molecule has 5 nitrogen and oxygen atoms in total. The van der Waals surface area contributed by atoms with E-state index in [0.717, 1.165) is 25.0 Å². The molecule has 7 heteroatoms. The number of pyridine rings is 1. The number of hydrogen-bond donors (Lipinski definition) is 1. The van der Waals surface area contributed by atoms with E-state index in [9.17, 15) is 13.6 Å². The molecule has 0 bridgehead atoms. The maximum atomic E-state index is 14.3. The second-order valence-electron chi connectivity index (χ2n) is 6.90. The lowest BCUT2D eigenvalue weighted by atomic mass is 10.1. The Bertz CT molecular complexity index is 800. The Labute approximate surface area is 156 Å². The topological polar surface area (TPSA) is 68.7 Å². The van der Waals surface area contributed by atoms with Gasteiger partial charge in [-0.05, 0) is 37.0 Å². The fraction of sp³-hybridized carbons (Fsp3) is 0.400. The van der Waals surface area contributed by atoms with Gasteiger partial charge in [0.05, 0.1) is 25.3 Å². The second kappa shape index (κ2) is 8.33. The van der Waals surface area contributed by atoms with Crippen LogP contribution in [0.3, 0.4) is 0 Å². The van der Waals surface area contributed by atoms with E-state index < -0.39 is 23.4 Å². The number of halogens is 2. The van der Waals surface area contributed by atoms with Gasteiger partial charge in [0.1, 0.15) is 0 Å². The normalized spacial score (nSPS) is 14.6. The zero-order valence-electron chi connectivity index (χ0n) is 15.0. The number of rotatable bonds is 9. The van der Waals surface area contributed by atoms with Crippen molar-refractivity contribution < 1.29 is 28.2 Å². The summed E-state index contributed by atoms with van der Waals surface area (Å²) >= 11 is 0. The minimum Gasteiger partial charge on any atom is -0.487 e. The van der Waals surface area contributed by atoms with Gasteiger partial charge < -0.3 is 14.6 Å². The van der Waals surface area contributed by atoms with Crippen molar-refractivity contribution in [1.29, 1.82) is 0 Å². The van der Waals surface area contributed by atoms with Crippen LogP contribution in [0.4, 0.5) is 8.78 Å². The molecule has 1 aliphatic carbocycles. The molecule has 0 spiro atoms. The molecule has 3 rings (SSSR count). The molecule has 1 N–H and O–H groups in total. The van der Waals surface area contributed by atoms with Crippen LogP contribution in [0.25, 0.3) is 11.3 Å². The van der Waals surface area contributed by atoms with Crippen molar-refractivity contribution in [2.75, 3.05) is 13.2 Å². The largest absolute Gasteiger partial charge is 0.487 e. The summed E-state index contributed by atoms with van der Waals surface area (Å²) in [6, 6.07) is 7.37. The molecule has 144 valence electrons. The minimum absolute atomic E-state index is 0.0950. The number of ether oxygens (including phenoxy) is 2. The summed E-state index contributed by atoms with van der Waals surface area (Å²) in [5.41, 5.74) is 0.666. The number of carboxylic acids is 1. The first kappa shape index (κ1) is 19.1. The van der Waals surface area contributed by atoms with Gasteiger partial charge in [0.25, 0.3) is 0 Å². The van der Waals surface area contributed by atoms with Gasteiger partial charge in [0.15, 0.2) is 17.4 Å². The number of hydrogen-bond acceptors (Lipinski definition) is 4. The van der Waals surface area contributed by atoms with Crippen LogP contribution in [0, 0.1) is 23.5 Å². The van der Waals surface area contributed by atoms with Crippen LogP contribution in [0.15, 0.2) is 30.3 Å². The predicted octanol–water partition coefficient (Wildman–Crippen LogP) is 4.31. The molecule has 0 saturated heterocycles. The Hall–Kier alpha value is -2.70. The number of benzene rings is 1. The monoisotopic (exact) mass is 377 g/mol. The van der Waals surface area contributed by atoms with Gasteiger partial charge >= 0.3 is 5.97 Å². The third-order valence-corrected chi connectivity index (χ3v) is 4.22. The van der Waals surface area contributed by atoms with Gasteiger partial charge in [0, 0.05) is 17.5 Å². The first-order valence-electron chi connectivity index (χ1n) is 8.86. The van der Waals surface area contributed by atoms with Gasteiger partial charge in [-0.25, -0.2) is 13.8 Å². The number of nitrogens with zero attached hydrogens (tertiary/aromatic N) is 1. The molecule has 0 amide bonds. The van der Waals surface area contributed by atoms with Gasteiger partial charge in [-0.2, -0.15) is 0 Å². The zero-order valence-corrected chi connectivity index (χ0v) is 15.0. The molecule has 1 unspecified atom stereocenters. The van der Waals surface area contributed by atoms with E-state index in [1.807, 2.05) is 0 Å². The van der Waals surface area contributed by atoms with Gasteiger partial charge in [0.2, 0.25) is 5.88 Å². The highest BCUT2D eigenvalue weighted by Gasteiger charge is 2.22. The summed E-state index contributed by atoms with van der Waals surface area (Å²) in [4.78, 5) is 15.0. The molecule has 27 heavy (non-hydrogen) atoms. The van der Waals surface area contributed by atoms with Crippen LogP contribution >= 0.6 is 0 Å². The summed E-state index contributed by atoms with van der Waals surface area (Å²) in [6.45, 7) is 2.14. The molecule has 1 fully saturated rings. The van der Waals surface area contributed by atoms with Gasteiger partial charge in [-0.1, -0.05) is 13.0 Å². The van der Waals surface area contributed by atoms with Crippen molar-refractivity contribution in [2.45, 2.75) is 26.2 Å². The summed E-state index contributed by atoms with van der Waals surface area (Å²) in [5.74, 6) is -2.61. The van der Waals surface area contributed by atoms with E-state index >= 15 is 0 Å². The quantitative estimate of drug-likeness (QED) is 0.705. The highest BCUT2D eigenvalue weighted by molar-refractivity contribution is 5.67. The lowest BCUT2D eigenvalue weighted by molar-refractivity contribution is -0.138. The van der Waals surface area contributed by atoms with E-state index in [2.05, 4.69) is 4.98 Å². The second-order valence-corrected chi connectivity index (χ2v) is 6.90. The van der Waals surface area contributed by atoms with Crippen molar-refractivity contribution >= 4 is 5.97 Å². The predicted molar refractivity (Wildman–Crippen MR) is 94.7 cm³/mol. The van der Waals surface area contributed by atoms with Crippen LogP contribution in [0.1, 0.15) is 26.2 Å². The maximum Gasteiger partial charge on any atom is 0.303 e. The first-order chi connectivity index (χ1) is 12.9. The number of carboxylic acid groups (broad SMARTS) is 1. The average molecular weight is 377 g/mol. The molecule has 2 aromatic rings. The minimum atomic E-state index is -0.989. The Kier molecular flexibility index (Phi) is 5.88. The van der Waals surface area contributed by atoms with Crippen LogP contribution in [-0.2, 0) is 4.79 Å². The molecule has 1 aromatic heterocycles. The summed E-state index contributed by atoms with van der Waals surface area (Å²) in [5, 5.41) is 8.73. The smallest absolute Gasteiger partial charge is 0.303 e. The number of carbonyl (C=O) groups is 1. The van der Waals surface area contributed by atoms with Crippen LogP contribution in [0.5, 0.6) is 11.6 Å². The zero-order chi connectivity index (χ0) is 19.4. The maximum absolute atomic E-state index is 14.3. The van der Waals surface area contributed by atoms with Crippen molar-refractivity contribution in [2.24, 2.45) is 11.8 Å². The molecular weight excluding hydrogens is 356 g/mol. The van der Waals surface area contributed by atoms with Gasteiger partial charge in [-0.15, -0.1) is 0 Å². The third-order valence-electron chi connectivity index (χ3n) is 4.22. The molecule has 0 radical (unpaired) electrons. The lowest BCUT2D eigenvalue weighted by Crippen LogP contribution is -2.14. The number of aliphatic carboxylic acids is 1. The molecule has 1 saturated carbocycles. The Morgan fingerprint density at radius 3 is 2.59 bits per heavy atom. The summed E-state index contributed by atoms with van der Waals surface area (Å²) < 4.78 is 39.4. The van der Waals surface area contributed by atoms with E-state index in [4.69, 9.17) is 14.6 Å². The van der Waals surface area contributed by atoms with Gasteiger partial charge in [-0.3, -0.25) is 4.79 Å². The Morgan fingerprint density at radius 1 is 1.26 bits per heavy atom. The fourth-order valence-corrected chi connectivity index (χ4v) is 2.57. The van der Waals surface area contributed by atoms with E-state index in [1.165, 1.54) is 0 Å². The van der Waals surface area contributed by atoms with Crippen molar-refractivity contribution in [3.63, 3.8) is 0 Å². The van der Waals surface area contributed by atoms with Crippen molar-refractivity contribution in [3.05, 3.63) is 42.0 Å². The van der Waals surface area contributed by atoms with E-state index in [1.54, 1.807) is 25.1 Å². The van der Waals surface area contributed by atoms with E-state index in [0.29, 0.717) is 24.1 Å². The van der Waals surface area contributed by atoms with Crippen LogP contribution in [0.2, 0.25) is 0 Å². The van der Waals surface area contributed by atoms with Crippen molar-refractivity contribution in [3.8, 4) is 22.9 Å². The average Bonchev–Trinajstić information content (AvgIpc) is 3.43. The molecule has 1 aliphatic rings. The summed E-state index contributed by atoms with van der Waals surface area (Å²) in [6.07, 6.45) is 2.17. The third kappa shape index (κ3) is 5.39. The van der Waals surface area contributed by atoms with Crippen LogP contribution < -0.4 is 9.47 Å². The molecule has 1 atom stereocenters. The van der Waals surface area contributed by atoms with Crippen molar-refractivity contribution in [1.82, 2.24) is 4.98 Å². The lowest BCUT2D eigenvalue weighted by Gasteiger charge is -2.13. The highest BCUT2D eigenvalue weighted by atomic mass is 19.1. The van der Waals surface area contributed by atoms with E-state index in [-0.39, 0.29) is 24.5 Å². The Balaban J connectivity index is 1.71.